The van der Waals surface area contributed by atoms with Gasteiger partial charge < -0.3 is 14.9 Å². The minimum Gasteiger partial charge on any atom is -0.475 e. The second kappa shape index (κ2) is 6.03. The van der Waals surface area contributed by atoms with Crippen LogP contribution in [0.25, 0.3) is 0 Å². The molecule has 0 N–H and O–H groups in total. The van der Waals surface area contributed by atoms with Crippen LogP contribution >= 0.6 is 22.6 Å². The number of nitro benzene ring substituents is 1. The van der Waals surface area contributed by atoms with E-state index in [4.69, 9.17) is 4.74 Å². The van der Waals surface area contributed by atoms with E-state index in [-0.39, 0.29) is 23.9 Å². The average molecular weight is 404 g/mol. The maximum Gasteiger partial charge on any atom is 0.342 e. The quantitative estimate of drug-likeness (QED) is 0.430. The molecule has 0 aliphatic carbocycles. The number of nitro groups is 2. The normalized spacial score (nSPS) is 10.4. The van der Waals surface area contributed by atoms with Crippen molar-refractivity contribution >= 4 is 34.1 Å². The van der Waals surface area contributed by atoms with Gasteiger partial charge >= 0.3 is 11.5 Å². The Morgan fingerprint density at radius 1 is 1.33 bits per heavy atom. The van der Waals surface area contributed by atoms with Gasteiger partial charge in [-0.1, -0.05) is 6.07 Å². The van der Waals surface area contributed by atoms with Gasteiger partial charge in [-0.3, -0.25) is 10.1 Å². The van der Waals surface area contributed by atoms with E-state index in [9.17, 15) is 20.2 Å². The summed E-state index contributed by atoms with van der Waals surface area (Å²) in [7, 11) is 1.48. The SMILES string of the molecule is Cn1c([N+](=O)[O-])cnc1COc1c(I)cccc1[N+](=O)[O-]. The molecule has 110 valence electrons. The van der Waals surface area contributed by atoms with Crippen molar-refractivity contribution in [3.8, 4) is 5.75 Å². The van der Waals surface area contributed by atoms with Crippen LogP contribution in [0.4, 0.5) is 11.5 Å². The Kier molecular flexibility index (Phi) is 4.35. The molecule has 10 heteroatoms. The predicted octanol–water partition coefficient (Wildman–Crippen LogP) is 2.42. The first-order valence-electron chi connectivity index (χ1n) is 5.62. The lowest BCUT2D eigenvalue weighted by Crippen LogP contribution is -2.07. The molecule has 0 spiro atoms. The largest absolute Gasteiger partial charge is 0.475 e. The summed E-state index contributed by atoms with van der Waals surface area (Å²) in [4.78, 5) is 24.5. The van der Waals surface area contributed by atoms with Crippen molar-refractivity contribution in [1.82, 2.24) is 9.55 Å². The molecule has 0 unspecified atom stereocenters. The highest BCUT2D eigenvalue weighted by Crippen LogP contribution is 2.32. The fourth-order valence-corrected chi connectivity index (χ4v) is 2.30. The Morgan fingerprint density at radius 2 is 2.05 bits per heavy atom. The fraction of sp³-hybridized carbons (Fsp3) is 0.182. The van der Waals surface area contributed by atoms with Crippen molar-refractivity contribution in [2.45, 2.75) is 6.61 Å². The van der Waals surface area contributed by atoms with Gasteiger partial charge in [-0.25, -0.2) is 9.55 Å². The van der Waals surface area contributed by atoms with E-state index < -0.39 is 9.85 Å². The van der Waals surface area contributed by atoms with Gasteiger partial charge in [0.05, 0.1) is 15.5 Å². The molecule has 0 fully saturated rings. The Bertz CT molecular complexity index is 715. The topological polar surface area (TPSA) is 113 Å². The summed E-state index contributed by atoms with van der Waals surface area (Å²) in [6.45, 7) is -0.106. The maximum absolute atomic E-state index is 11.0. The van der Waals surface area contributed by atoms with Crippen LogP contribution in [0, 0.1) is 23.8 Å². The van der Waals surface area contributed by atoms with Gasteiger partial charge in [-0.05, 0) is 33.6 Å². The van der Waals surface area contributed by atoms with E-state index in [1.165, 1.54) is 17.7 Å². The molecule has 0 aliphatic heterocycles. The highest BCUT2D eigenvalue weighted by atomic mass is 127. The predicted molar refractivity (Wildman–Crippen MR) is 80.0 cm³/mol. The minimum atomic E-state index is -0.564. The third-order valence-electron chi connectivity index (χ3n) is 2.74. The van der Waals surface area contributed by atoms with Gasteiger partial charge in [0, 0.05) is 6.07 Å². The van der Waals surface area contributed by atoms with Gasteiger partial charge in [-0.2, -0.15) is 0 Å². The summed E-state index contributed by atoms with van der Waals surface area (Å²) < 4.78 is 7.27. The number of hydrogen-bond donors (Lipinski definition) is 0. The summed E-state index contributed by atoms with van der Waals surface area (Å²) >= 11 is 1.92. The molecule has 1 aromatic carbocycles. The van der Waals surface area contributed by atoms with Crippen molar-refractivity contribution in [2.75, 3.05) is 0 Å². The molecule has 0 saturated carbocycles. The number of imidazole rings is 1. The fourth-order valence-electron chi connectivity index (χ4n) is 1.66. The molecule has 0 bridgehead atoms. The Balaban J connectivity index is 2.25. The van der Waals surface area contributed by atoms with E-state index in [1.54, 1.807) is 12.1 Å². The highest BCUT2D eigenvalue weighted by Gasteiger charge is 2.21. The van der Waals surface area contributed by atoms with E-state index >= 15 is 0 Å². The highest BCUT2D eigenvalue weighted by molar-refractivity contribution is 14.1. The number of nitrogens with zero attached hydrogens (tertiary/aromatic N) is 4. The van der Waals surface area contributed by atoms with Crippen LogP contribution in [0.3, 0.4) is 0 Å². The van der Waals surface area contributed by atoms with E-state index in [0.29, 0.717) is 9.39 Å². The zero-order chi connectivity index (χ0) is 15.6. The summed E-state index contributed by atoms with van der Waals surface area (Å²) in [5, 5.41) is 21.7. The number of aromatic nitrogens is 2. The molecule has 0 radical (unpaired) electrons. The maximum atomic E-state index is 11.0. The standard InChI is InChI=1S/C11H9IN4O5/c1-14-9(13-5-10(14)16(19)20)6-21-11-7(12)3-2-4-8(11)15(17)18/h2-5H,6H2,1H3. The zero-order valence-electron chi connectivity index (χ0n) is 10.7. The summed E-state index contributed by atoms with van der Waals surface area (Å²) in [5.41, 5.74) is -0.161. The molecular formula is C11H9IN4O5. The van der Waals surface area contributed by atoms with Crippen molar-refractivity contribution < 1.29 is 14.6 Å². The molecular weight excluding hydrogens is 395 g/mol. The molecule has 0 aliphatic rings. The van der Waals surface area contributed by atoms with Crippen molar-refractivity contribution in [3.63, 3.8) is 0 Å². The molecule has 0 saturated heterocycles. The van der Waals surface area contributed by atoms with Crippen LogP contribution in [0.15, 0.2) is 24.4 Å². The molecule has 0 atom stereocenters. The zero-order valence-corrected chi connectivity index (χ0v) is 12.9. The van der Waals surface area contributed by atoms with Crippen LogP contribution in [-0.4, -0.2) is 19.4 Å². The lowest BCUT2D eigenvalue weighted by Gasteiger charge is -2.07. The number of halogens is 1. The van der Waals surface area contributed by atoms with Gasteiger partial charge in [0.2, 0.25) is 11.6 Å². The summed E-state index contributed by atoms with van der Waals surface area (Å²) in [6.07, 6.45) is 1.11. The number of ether oxygens (including phenoxy) is 1. The van der Waals surface area contributed by atoms with Crippen LogP contribution in [0.5, 0.6) is 5.75 Å². The number of rotatable bonds is 5. The number of hydrogen-bond acceptors (Lipinski definition) is 6. The molecule has 2 aromatic rings. The third kappa shape index (κ3) is 3.09. The smallest absolute Gasteiger partial charge is 0.342 e. The lowest BCUT2D eigenvalue weighted by atomic mass is 10.3. The molecule has 2 rings (SSSR count). The lowest BCUT2D eigenvalue weighted by molar-refractivity contribution is -0.391. The Morgan fingerprint density at radius 3 is 2.62 bits per heavy atom. The monoisotopic (exact) mass is 404 g/mol. The minimum absolute atomic E-state index is 0.106. The Hall–Kier alpha value is -2.24. The molecule has 9 nitrogen and oxygen atoms in total. The van der Waals surface area contributed by atoms with E-state index in [2.05, 4.69) is 4.98 Å². The number of benzene rings is 1. The first-order valence-corrected chi connectivity index (χ1v) is 6.70. The third-order valence-corrected chi connectivity index (χ3v) is 3.58. The second-order valence-corrected chi connectivity index (χ2v) is 5.14. The molecule has 1 aromatic heterocycles. The second-order valence-electron chi connectivity index (χ2n) is 3.98. The van der Waals surface area contributed by atoms with Gasteiger partial charge in [0.1, 0.15) is 6.20 Å². The Labute approximate surface area is 132 Å². The van der Waals surface area contributed by atoms with Crippen LogP contribution < -0.4 is 4.74 Å². The summed E-state index contributed by atoms with van der Waals surface area (Å²) in [6, 6.07) is 4.56. The summed E-state index contributed by atoms with van der Waals surface area (Å²) in [5.74, 6) is 0.246. The first-order chi connectivity index (χ1) is 9.91. The van der Waals surface area contributed by atoms with E-state index in [0.717, 1.165) is 6.20 Å². The van der Waals surface area contributed by atoms with Crippen LogP contribution in [-0.2, 0) is 13.7 Å². The van der Waals surface area contributed by atoms with Crippen molar-refractivity contribution in [3.05, 3.63) is 54.0 Å². The van der Waals surface area contributed by atoms with Gasteiger partial charge in [0.15, 0.2) is 6.61 Å². The van der Waals surface area contributed by atoms with Crippen LogP contribution in [0.2, 0.25) is 0 Å². The molecule has 21 heavy (non-hydrogen) atoms. The van der Waals surface area contributed by atoms with Crippen molar-refractivity contribution in [2.24, 2.45) is 7.05 Å². The van der Waals surface area contributed by atoms with E-state index in [1.807, 2.05) is 22.6 Å². The molecule has 1 heterocycles. The average Bonchev–Trinajstić information content (AvgIpc) is 2.78. The van der Waals surface area contributed by atoms with Gasteiger partial charge in [-0.15, -0.1) is 0 Å². The number of para-hydroxylation sites is 1. The molecule has 0 amide bonds. The van der Waals surface area contributed by atoms with Crippen LogP contribution in [0.1, 0.15) is 5.82 Å². The van der Waals surface area contributed by atoms with Gasteiger partial charge in [0.25, 0.3) is 0 Å². The first kappa shape index (κ1) is 15.2. The van der Waals surface area contributed by atoms with Crippen molar-refractivity contribution in [1.29, 1.82) is 0 Å².